The topological polar surface area (TPSA) is 116 Å². The summed E-state index contributed by atoms with van der Waals surface area (Å²) in [5, 5.41) is 21.7. The lowest BCUT2D eigenvalue weighted by Crippen LogP contribution is -2.41. The second kappa shape index (κ2) is 7.36. The number of phenols is 2. The summed E-state index contributed by atoms with van der Waals surface area (Å²) in [4.78, 5) is 38.2. The van der Waals surface area contributed by atoms with E-state index >= 15 is 0 Å². The third kappa shape index (κ3) is 3.84. The van der Waals surface area contributed by atoms with Gasteiger partial charge >= 0.3 is 5.97 Å². The minimum atomic E-state index is -0.897. The molecule has 1 unspecified atom stereocenters. The van der Waals surface area contributed by atoms with Gasteiger partial charge in [-0.3, -0.25) is 9.59 Å². The molecule has 2 aromatic rings. The van der Waals surface area contributed by atoms with Crippen LogP contribution < -0.4 is 10.2 Å². The number of fused-ring (bicyclic) bond motifs is 1. The fourth-order valence-corrected chi connectivity index (χ4v) is 2.94. The maximum Gasteiger partial charge on any atom is 0.342 e. The maximum atomic E-state index is 12.7. The van der Waals surface area contributed by atoms with Crippen LogP contribution in [0, 0.1) is 0 Å². The second-order valence-corrected chi connectivity index (χ2v) is 6.16. The number of carbonyl (C=O) groups is 3. The van der Waals surface area contributed by atoms with Crippen LogP contribution >= 0.6 is 0 Å². The minimum Gasteiger partial charge on any atom is -0.508 e. The van der Waals surface area contributed by atoms with Gasteiger partial charge in [0.15, 0.2) is 6.61 Å². The van der Waals surface area contributed by atoms with Crippen LogP contribution in [0.2, 0.25) is 0 Å². The molecule has 0 bridgehead atoms. The quantitative estimate of drug-likeness (QED) is 0.712. The highest BCUT2D eigenvalue weighted by Gasteiger charge is 2.30. The van der Waals surface area contributed by atoms with E-state index in [2.05, 4.69) is 5.32 Å². The van der Waals surface area contributed by atoms with E-state index in [1.165, 1.54) is 17.0 Å². The van der Waals surface area contributed by atoms with Gasteiger partial charge in [-0.1, -0.05) is 12.1 Å². The van der Waals surface area contributed by atoms with Crippen LogP contribution in [-0.2, 0) is 14.3 Å². The maximum absolute atomic E-state index is 12.7. The zero-order valence-corrected chi connectivity index (χ0v) is 14.5. The number of benzene rings is 2. The number of nitrogens with one attached hydrogen (secondary N) is 1. The van der Waals surface area contributed by atoms with Crippen LogP contribution in [0.4, 0.5) is 11.4 Å². The molecule has 1 aliphatic rings. The average Bonchev–Trinajstić information content (AvgIpc) is 2.73. The Balaban J connectivity index is 1.77. The lowest BCUT2D eigenvalue weighted by atomic mass is 10.1. The van der Waals surface area contributed by atoms with E-state index < -0.39 is 30.3 Å². The highest BCUT2D eigenvalue weighted by atomic mass is 16.5. The molecule has 140 valence electrons. The first-order valence-corrected chi connectivity index (χ1v) is 8.27. The summed E-state index contributed by atoms with van der Waals surface area (Å²) in [5.74, 6) is -2.26. The number of aromatic hydroxyl groups is 2. The van der Waals surface area contributed by atoms with Crippen molar-refractivity contribution in [3.05, 3.63) is 48.0 Å². The zero-order chi connectivity index (χ0) is 19.6. The van der Waals surface area contributed by atoms with Gasteiger partial charge in [-0.25, -0.2) is 4.79 Å². The number of nitrogens with zero attached hydrogens (tertiary/aromatic N) is 1. The molecule has 0 spiro atoms. The number of amides is 2. The molecule has 8 nitrogen and oxygen atoms in total. The Morgan fingerprint density at radius 2 is 1.96 bits per heavy atom. The van der Waals surface area contributed by atoms with Crippen LogP contribution in [0.5, 0.6) is 11.5 Å². The van der Waals surface area contributed by atoms with Gasteiger partial charge in [-0.05, 0) is 31.2 Å². The molecule has 1 atom stereocenters. The van der Waals surface area contributed by atoms with Crippen molar-refractivity contribution in [1.82, 2.24) is 0 Å². The van der Waals surface area contributed by atoms with Gasteiger partial charge in [0.1, 0.15) is 17.1 Å². The van der Waals surface area contributed by atoms with E-state index in [1.807, 2.05) is 0 Å². The number of para-hydroxylation sites is 2. The lowest BCUT2D eigenvalue weighted by Gasteiger charge is -2.27. The van der Waals surface area contributed by atoms with Crippen molar-refractivity contribution in [2.24, 2.45) is 0 Å². The van der Waals surface area contributed by atoms with Crippen molar-refractivity contribution in [3.8, 4) is 11.5 Å². The van der Waals surface area contributed by atoms with Crippen LogP contribution in [0.15, 0.2) is 42.5 Å². The standard InChI is InChI=1S/C19H18N2O6/c1-11-8-17(24)20-14-4-2-3-5-15(14)21(11)18(25)10-27-19(26)13-7-6-12(22)9-16(13)23/h2-7,9,11,22-23H,8,10H2,1H3,(H,20,24). The Bertz CT molecular complexity index is 911. The van der Waals surface area contributed by atoms with E-state index in [9.17, 15) is 24.6 Å². The highest BCUT2D eigenvalue weighted by Crippen LogP contribution is 2.31. The molecule has 0 saturated heterocycles. The number of phenolic OH excluding ortho intramolecular Hbond substituents is 2. The van der Waals surface area contributed by atoms with Gasteiger partial charge in [-0.2, -0.15) is 0 Å². The molecule has 0 saturated carbocycles. The molecule has 3 N–H and O–H groups in total. The summed E-state index contributed by atoms with van der Waals surface area (Å²) in [6, 6.07) is 9.86. The molecular weight excluding hydrogens is 352 g/mol. The first-order valence-electron chi connectivity index (χ1n) is 8.27. The molecule has 2 amide bonds. The molecule has 1 heterocycles. The zero-order valence-electron chi connectivity index (χ0n) is 14.5. The summed E-state index contributed by atoms with van der Waals surface area (Å²) in [5.41, 5.74) is 0.855. The van der Waals surface area contributed by atoms with E-state index in [1.54, 1.807) is 31.2 Å². The summed E-state index contributed by atoms with van der Waals surface area (Å²) in [6.45, 7) is 1.17. The predicted molar refractivity (Wildman–Crippen MR) is 96.7 cm³/mol. The number of rotatable bonds is 3. The molecule has 2 aromatic carbocycles. The van der Waals surface area contributed by atoms with E-state index in [0.29, 0.717) is 11.4 Å². The normalized spacial score (nSPS) is 16.1. The molecule has 8 heteroatoms. The Labute approximate surface area is 155 Å². The van der Waals surface area contributed by atoms with Gasteiger partial charge in [0.25, 0.3) is 5.91 Å². The monoisotopic (exact) mass is 370 g/mol. The van der Waals surface area contributed by atoms with E-state index in [4.69, 9.17) is 4.74 Å². The number of hydrogen-bond acceptors (Lipinski definition) is 6. The third-order valence-electron chi connectivity index (χ3n) is 4.16. The Morgan fingerprint density at radius 3 is 2.70 bits per heavy atom. The summed E-state index contributed by atoms with van der Waals surface area (Å²) >= 11 is 0. The highest BCUT2D eigenvalue weighted by molar-refractivity contribution is 6.05. The lowest BCUT2D eigenvalue weighted by molar-refractivity contribution is -0.122. The predicted octanol–water partition coefficient (Wildman–Crippen LogP) is 2.02. The fourth-order valence-electron chi connectivity index (χ4n) is 2.94. The molecule has 0 fully saturated rings. The van der Waals surface area contributed by atoms with Crippen molar-refractivity contribution in [1.29, 1.82) is 0 Å². The van der Waals surface area contributed by atoms with Crippen molar-refractivity contribution < 1.29 is 29.3 Å². The van der Waals surface area contributed by atoms with Crippen LogP contribution in [0.25, 0.3) is 0 Å². The Hall–Kier alpha value is -3.55. The number of hydrogen-bond donors (Lipinski definition) is 3. The summed E-state index contributed by atoms with van der Waals surface area (Å²) in [6.07, 6.45) is 0.104. The summed E-state index contributed by atoms with van der Waals surface area (Å²) in [7, 11) is 0. The van der Waals surface area contributed by atoms with Crippen molar-refractivity contribution >= 4 is 29.2 Å². The number of carbonyl (C=O) groups excluding carboxylic acids is 3. The number of esters is 1. The number of anilines is 2. The second-order valence-electron chi connectivity index (χ2n) is 6.16. The molecular formula is C19H18N2O6. The molecule has 27 heavy (non-hydrogen) atoms. The smallest absolute Gasteiger partial charge is 0.342 e. The van der Waals surface area contributed by atoms with Crippen LogP contribution in [-0.4, -0.2) is 40.6 Å². The molecule has 1 aliphatic heterocycles. The first-order chi connectivity index (χ1) is 12.9. The Kier molecular flexibility index (Phi) is 4.98. The van der Waals surface area contributed by atoms with Gasteiger partial charge in [0, 0.05) is 18.5 Å². The van der Waals surface area contributed by atoms with Crippen molar-refractivity contribution in [2.45, 2.75) is 19.4 Å². The Morgan fingerprint density at radius 1 is 1.22 bits per heavy atom. The van der Waals surface area contributed by atoms with Crippen LogP contribution in [0.1, 0.15) is 23.7 Å². The molecule has 0 aromatic heterocycles. The van der Waals surface area contributed by atoms with Gasteiger partial charge in [0.2, 0.25) is 5.91 Å². The third-order valence-corrected chi connectivity index (χ3v) is 4.16. The van der Waals surface area contributed by atoms with Crippen molar-refractivity contribution in [2.75, 3.05) is 16.8 Å². The van der Waals surface area contributed by atoms with E-state index in [-0.39, 0.29) is 23.6 Å². The fraction of sp³-hybridized carbons (Fsp3) is 0.211. The van der Waals surface area contributed by atoms with Gasteiger partial charge < -0.3 is 25.2 Å². The summed E-state index contributed by atoms with van der Waals surface area (Å²) < 4.78 is 5.02. The minimum absolute atomic E-state index is 0.104. The molecule has 3 rings (SSSR count). The van der Waals surface area contributed by atoms with Gasteiger partial charge in [0.05, 0.1) is 11.4 Å². The first kappa shape index (κ1) is 18.2. The SMILES string of the molecule is CC1CC(=O)Nc2ccccc2N1C(=O)COC(=O)c1ccc(O)cc1O. The molecule has 0 radical (unpaired) electrons. The van der Waals surface area contributed by atoms with Gasteiger partial charge in [-0.15, -0.1) is 0 Å². The van der Waals surface area contributed by atoms with Crippen molar-refractivity contribution in [3.63, 3.8) is 0 Å². The van der Waals surface area contributed by atoms with E-state index in [0.717, 1.165) is 6.07 Å². The largest absolute Gasteiger partial charge is 0.508 e. The molecule has 0 aliphatic carbocycles. The number of ether oxygens (including phenoxy) is 1. The van der Waals surface area contributed by atoms with Crippen LogP contribution in [0.3, 0.4) is 0 Å². The average molecular weight is 370 g/mol.